The van der Waals surface area contributed by atoms with Crippen molar-refractivity contribution in [2.75, 3.05) is 5.32 Å². The van der Waals surface area contributed by atoms with Crippen LogP contribution in [0.4, 0.5) is 5.69 Å². The van der Waals surface area contributed by atoms with Crippen molar-refractivity contribution < 1.29 is 4.79 Å². The maximum Gasteiger partial charge on any atom is 0.226 e. The molecule has 0 aliphatic rings. The van der Waals surface area contributed by atoms with Gasteiger partial charge in [0.15, 0.2) is 5.11 Å². The fraction of sp³-hybridized carbons (Fsp3) is 0.250. The number of fused-ring (bicyclic) bond motifs is 1. The lowest BCUT2D eigenvalue weighted by molar-refractivity contribution is -0.120. The van der Waals surface area contributed by atoms with E-state index in [-0.39, 0.29) is 5.91 Å². The molecular weight excluding hydrogens is 362 g/mol. The fourth-order valence-corrected chi connectivity index (χ4v) is 3.82. The molecule has 0 saturated carbocycles. The lowest BCUT2D eigenvalue weighted by Gasteiger charge is -2.13. The Balaban J connectivity index is 1.73. The molecular formula is C20H21N3OS2. The molecule has 4 nitrogen and oxygen atoms in total. The van der Waals surface area contributed by atoms with Crippen molar-refractivity contribution in [1.82, 2.24) is 10.3 Å². The molecule has 0 saturated heterocycles. The zero-order chi connectivity index (χ0) is 18.7. The van der Waals surface area contributed by atoms with E-state index in [9.17, 15) is 4.79 Å². The molecule has 1 heterocycles. The zero-order valence-corrected chi connectivity index (χ0v) is 16.6. The predicted octanol–water partition coefficient (Wildman–Crippen LogP) is 5.13. The summed E-state index contributed by atoms with van der Waals surface area (Å²) in [5.74, 6) is 0.230. The highest BCUT2D eigenvalue weighted by molar-refractivity contribution is 7.80. The van der Waals surface area contributed by atoms with Crippen LogP contribution in [0.1, 0.15) is 25.8 Å². The number of amides is 1. The molecule has 2 N–H and O–H groups in total. The molecule has 0 fully saturated rings. The van der Waals surface area contributed by atoms with Gasteiger partial charge in [0.1, 0.15) is 5.01 Å². The summed E-state index contributed by atoms with van der Waals surface area (Å²) in [7, 11) is 0. The molecule has 0 unspecified atom stereocenters. The van der Waals surface area contributed by atoms with Gasteiger partial charge in [-0.05, 0) is 61.0 Å². The SMILES string of the molecule is Cc1cc(-c2nc3ccccc3s2)ccc1NC(=S)NC(=O)CC(C)C. The molecule has 134 valence electrons. The number of aromatic nitrogens is 1. The van der Waals surface area contributed by atoms with Gasteiger partial charge < -0.3 is 10.6 Å². The summed E-state index contributed by atoms with van der Waals surface area (Å²) in [5, 5.41) is 7.14. The maximum absolute atomic E-state index is 11.8. The van der Waals surface area contributed by atoms with E-state index < -0.39 is 0 Å². The summed E-state index contributed by atoms with van der Waals surface area (Å²) >= 11 is 6.92. The number of carbonyl (C=O) groups excluding carboxylic acids is 1. The highest BCUT2D eigenvalue weighted by Crippen LogP contribution is 2.31. The number of nitrogens with one attached hydrogen (secondary N) is 2. The van der Waals surface area contributed by atoms with E-state index >= 15 is 0 Å². The van der Waals surface area contributed by atoms with Crippen LogP contribution < -0.4 is 10.6 Å². The van der Waals surface area contributed by atoms with Gasteiger partial charge in [-0.1, -0.05) is 26.0 Å². The van der Waals surface area contributed by atoms with Crippen LogP contribution in [-0.2, 0) is 4.79 Å². The third kappa shape index (κ3) is 4.45. The number of anilines is 1. The summed E-state index contributed by atoms with van der Waals surface area (Å²) in [5.41, 5.74) is 4.01. The molecule has 3 rings (SSSR count). The Bertz CT molecular complexity index is 930. The van der Waals surface area contributed by atoms with Crippen molar-refractivity contribution in [3.63, 3.8) is 0 Å². The van der Waals surface area contributed by atoms with Crippen molar-refractivity contribution in [3.05, 3.63) is 48.0 Å². The molecule has 6 heteroatoms. The van der Waals surface area contributed by atoms with Gasteiger partial charge in [-0.25, -0.2) is 4.98 Å². The molecule has 0 atom stereocenters. The molecule has 0 bridgehead atoms. The average molecular weight is 384 g/mol. The van der Waals surface area contributed by atoms with Crippen LogP contribution in [0.15, 0.2) is 42.5 Å². The summed E-state index contributed by atoms with van der Waals surface area (Å²) in [4.78, 5) is 16.5. The van der Waals surface area contributed by atoms with Crippen molar-refractivity contribution in [2.45, 2.75) is 27.2 Å². The Morgan fingerprint density at radius 1 is 1.23 bits per heavy atom. The fourth-order valence-electron chi connectivity index (χ4n) is 2.63. The lowest BCUT2D eigenvalue weighted by Crippen LogP contribution is -2.34. The van der Waals surface area contributed by atoms with Gasteiger partial charge in [-0.3, -0.25) is 4.79 Å². The largest absolute Gasteiger partial charge is 0.332 e. The van der Waals surface area contributed by atoms with Crippen LogP contribution in [0.2, 0.25) is 0 Å². The van der Waals surface area contributed by atoms with Crippen LogP contribution in [0.25, 0.3) is 20.8 Å². The first-order valence-corrected chi connectivity index (χ1v) is 9.72. The van der Waals surface area contributed by atoms with Gasteiger partial charge in [0.25, 0.3) is 0 Å². The highest BCUT2D eigenvalue weighted by Gasteiger charge is 2.10. The second-order valence-electron chi connectivity index (χ2n) is 6.62. The number of thiazole rings is 1. The number of hydrogen-bond acceptors (Lipinski definition) is 4. The number of rotatable bonds is 4. The van der Waals surface area contributed by atoms with E-state index in [0.29, 0.717) is 17.5 Å². The Morgan fingerprint density at radius 2 is 2.00 bits per heavy atom. The van der Waals surface area contributed by atoms with Crippen molar-refractivity contribution in [1.29, 1.82) is 0 Å². The number of hydrogen-bond donors (Lipinski definition) is 2. The Kier molecular flexibility index (Phi) is 5.64. The number of thiocarbonyl (C=S) groups is 1. The first-order chi connectivity index (χ1) is 12.4. The van der Waals surface area contributed by atoms with E-state index in [1.165, 1.54) is 4.70 Å². The summed E-state index contributed by atoms with van der Waals surface area (Å²) in [6, 6.07) is 14.2. The van der Waals surface area contributed by atoms with Gasteiger partial charge in [0, 0.05) is 17.7 Å². The third-order valence-corrected chi connectivity index (χ3v) is 5.15. The van der Waals surface area contributed by atoms with Crippen LogP contribution in [0.5, 0.6) is 0 Å². The Hall–Kier alpha value is -2.31. The molecule has 0 aliphatic heterocycles. The number of carbonyl (C=O) groups is 1. The molecule has 1 aromatic heterocycles. The minimum atomic E-state index is -0.0683. The second kappa shape index (κ2) is 7.93. The molecule has 1 amide bonds. The Labute approximate surface area is 162 Å². The molecule has 26 heavy (non-hydrogen) atoms. The monoisotopic (exact) mass is 383 g/mol. The number of para-hydroxylation sites is 1. The van der Waals surface area contributed by atoms with Gasteiger partial charge in [0.2, 0.25) is 5.91 Å². The maximum atomic E-state index is 11.8. The molecule has 0 spiro atoms. The minimum absolute atomic E-state index is 0.0683. The van der Waals surface area contributed by atoms with E-state index in [2.05, 4.69) is 22.8 Å². The van der Waals surface area contributed by atoms with E-state index in [4.69, 9.17) is 17.2 Å². The van der Waals surface area contributed by atoms with Crippen LogP contribution >= 0.6 is 23.6 Å². The first-order valence-electron chi connectivity index (χ1n) is 8.50. The summed E-state index contributed by atoms with van der Waals surface area (Å²) in [6.07, 6.45) is 0.456. The van der Waals surface area contributed by atoms with E-state index in [1.54, 1.807) is 11.3 Å². The quantitative estimate of drug-likeness (QED) is 0.613. The van der Waals surface area contributed by atoms with Gasteiger partial charge >= 0.3 is 0 Å². The zero-order valence-electron chi connectivity index (χ0n) is 15.0. The van der Waals surface area contributed by atoms with Gasteiger partial charge in [-0.2, -0.15) is 0 Å². The van der Waals surface area contributed by atoms with Gasteiger partial charge in [-0.15, -0.1) is 11.3 Å². The number of nitrogens with zero attached hydrogens (tertiary/aromatic N) is 1. The molecule has 2 aromatic carbocycles. The summed E-state index contributed by atoms with van der Waals surface area (Å²) in [6.45, 7) is 6.01. The highest BCUT2D eigenvalue weighted by atomic mass is 32.1. The number of aryl methyl sites for hydroxylation is 1. The third-order valence-electron chi connectivity index (χ3n) is 3.86. The van der Waals surface area contributed by atoms with Crippen molar-refractivity contribution in [3.8, 4) is 10.6 Å². The van der Waals surface area contributed by atoms with Crippen molar-refractivity contribution in [2.24, 2.45) is 5.92 Å². The van der Waals surface area contributed by atoms with Crippen LogP contribution in [0.3, 0.4) is 0 Å². The second-order valence-corrected chi connectivity index (χ2v) is 8.06. The smallest absolute Gasteiger partial charge is 0.226 e. The standard InChI is InChI=1S/C20H21N3OS2/c1-12(2)10-18(24)23-20(25)22-15-9-8-14(11-13(15)3)19-21-16-6-4-5-7-17(16)26-19/h4-9,11-12H,10H2,1-3H3,(H2,22,23,24,25). The van der Waals surface area contributed by atoms with Gasteiger partial charge in [0.05, 0.1) is 10.2 Å². The minimum Gasteiger partial charge on any atom is -0.332 e. The lowest BCUT2D eigenvalue weighted by atomic mass is 10.1. The van der Waals surface area contributed by atoms with Crippen LogP contribution in [-0.4, -0.2) is 16.0 Å². The Morgan fingerprint density at radius 3 is 2.69 bits per heavy atom. The van der Waals surface area contributed by atoms with Crippen LogP contribution in [0, 0.1) is 12.8 Å². The first kappa shape index (κ1) is 18.5. The molecule has 0 radical (unpaired) electrons. The van der Waals surface area contributed by atoms with E-state index in [0.717, 1.165) is 27.3 Å². The molecule has 0 aliphatic carbocycles. The normalized spacial score (nSPS) is 10.9. The topological polar surface area (TPSA) is 54.0 Å². The number of benzene rings is 2. The van der Waals surface area contributed by atoms with Crippen molar-refractivity contribution >= 4 is 50.5 Å². The molecule has 3 aromatic rings. The van der Waals surface area contributed by atoms with E-state index in [1.807, 2.05) is 51.1 Å². The summed E-state index contributed by atoms with van der Waals surface area (Å²) < 4.78 is 1.18. The predicted molar refractivity (Wildman–Crippen MR) is 114 cm³/mol. The average Bonchev–Trinajstić information content (AvgIpc) is 2.99.